The molecule has 0 aromatic heterocycles. The third kappa shape index (κ3) is 5.66. The molecule has 17 heavy (non-hydrogen) atoms. The van der Waals surface area contributed by atoms with Crippen molar-refractivity contribution < 1.29 is 9.53 Å². The molecule has 1 amide bonds. The normalized spacial score (nSPS) is 17.6. The quantitative estimate of drug-likeness (QED) is 0.542. The number of ether oxygens (including phenoxy) is 1. The van der Waals surface area contributed by atoms with Crippen LogP contribution in [0.5, 0.6) is 0 Å². The van der Waals surface area contributed by atoms with Crippen molar-refractivity contribution in [2.24, 2.45) is 0 Å². The Balaban J connectivity index is 2.13. The summed E-state index contributed by atoms with van der Waals surface area (Å²) in [6.07, 6.45) is 3.19. The van der Waals surface area contributed by atoms with E-state index in [0.29, 0.717) is 19.6 Å². The lowest BCUT2D eigenvalue weighted by Gasteiger charge is -2.30. The summed E-state index contributed by atoms with van der Waals surface area (Å²) in [6.45, 7) is 2.93. The zero-order valence-electron chi connectivity index (χ0n) is 10.4. The average molecular weight is 239 g/mol. The van der Waals surface area contributed by atoms with Gasteiger partial charge < -0.3 is 10.1 Å². The molecular weight excluding hydrogens is 218 g/mol. The van der Waals surface area contributed by atoms with Crippen LogP contribution in [0.3, 0.4) is 0 Å². The van der Waals surface area contributed by atoms with Crippen LogP contribution in [0.2, 0.25) is 0 Å². The van der Waals surface area contributed by atoms with Gasteiger partial charge in [-0.2, -0.15) is 5.26 Å². The Morgan fingerprint density at radius 2 is 2.24 bits per heavy atom. The van der Waals surface area contributed by atoms with Crippen LogP contribution in [0.15, 0.2) is 0 Å². The summed E-state index contributed by atoms with van der Waals surface area (Å²) >= 11 is 0. The molecule has 0 atom stereocenters. The molecule has 1 N–H and O–H groups in total. The number of rotatable bonds is 6. The van der Waals surface area contributed by atoms with Crippen LogP contribution in [-0.4, -0.2) is 50.2 Å². The third-order valence-corrected chi connectivity index (χ3v) is 3.00. The van der Waals surface area contributed by atoms with Crippen LogP contribution in [0.4, 0.5) is 0 Å². The number of hydrogen-bond donors (Lipinski definition) is 1. The van der Waals surface area contributed by atoms with E-state index in [-0.39, 0.29) is 11.9 Å². The third-order valence-electron chi connectivity index (χ3n) is 3.00. The predicted molar refractivity (Wildman–Crippen MR) is 64.3 cm³/mol. The Hall–Kier alpha value is -1.12. The van der Waals surface area contributed by atoms with E-state index in [4.69, 9.17) is 10.00 Å². The van der Waals surface area contributed by atoms with Gasteiger partial charge in [-0.3, -0.25) is 9.69 Å². The standard InChI is InChI=1S/C12H21N3O2/c1-17-10-2-3-12(16)14-11-4-7-15(8-5-11)9-6-13/h11H,2-5,7-10H2,1H3,(H,14,16). The minimum absolute atomic E-state index is 0.112. The van der Waals surface area contributed by atoms with Gasteiger partial charge in [0.15, 0.2) is 0 Å². The van der Waals surface area contributed by atoms with E-state index in [9.17, 15) is 4.79 Å². The lowest BCUT2D eigenvalue weighted by Crippen LogP contribution is -2.44. The highest BCUT2D eigenvalue weighted by Gasteiger charge is 2.19. The molecule has 0 saturated carbocycles. The zero-order valence-corrected chi connectivity index (χ0v) is 10.4. The lowest BCUT2D eigenvalue weighted by molar-refractivity contribution is -0.122. The van der Waals surface area contributed by atoms with Crippen LogP contribution in [-0.2, 0) is 9.53 Å². The van der Waals surface area contributed by atoms with Crippen molar-refractivity contribution in [2.75, 3.05) is 33.4 Å². The highest BCUT2D eigenvalue weighted by molar-refractivity contribution is 5.76. The highest BCUT2D eigenvalue weighted by atomic mass is 16.5. The average Bonchev–Trinajstić information content (AvgIpc) is 2.32. The van der Waals surface area contributed by atoms with Gasteiger partial charge in [0.2, 0.25) is 5.91 Å². The Kier molecular flexibility index (Phi) is 6.60. The van der Waals surface area contributed by atoms with E-state index >= 15 is 0 Å². The smallest absolute Gasteiger partial charge is 0.220 e. The number of carbonyl (C=O) groups is 1. The SMILES string of the molecule is COCCCC(=O)NC1CCN(CC#N)CC1. The van der Waals surface area contributed by atoms with Crippen molar-refractivity contribution in [2.45, 2.75) is 31.7 Å². The number of nitriles is 1. The van der Waals surface area contributed by atoms with E-state index in [1.165, 1.54) is 0 Å². The van der Waals surface area contributed by atoms with Crippen molar-refractivity contribution in [3.8, 4) is 6.07 Å². The molecule has 96 valence electrons. The molecule has 0 aliphatic carbocycles. The van der Waals surface area contributed by atoms with Gasteiger partial charge in [0.1, 0.15) is 0 Å². The molecule has 0 radical (unpaired) electrons. The molecule has 1 heterocycles. The number of nitrogens with one attached hydrogen (secondary N) is 1. The lowest BCUT2D eigenvalue weighted by atomic mass is 10.0. The van der Waals surface area contributed by atoms with Crippen LogP contribution >= 0.6 is 0 Å². The summed E-state index contributed by atoms with van der Waals surface area (Å²) in [5.41, 5.74) is 0. The van der Waals surface area contributed by atoms with Gasteiger partial charge in [-0.25, -0.2) is 0 Å². The fourth-order valence-electron chi connectivity index (χ4n) is 2.01. The first-order valence-electron chi connectivity index (χ1n) is 6.14. The topological polar surface area (TPSA) is 65.4 Å². The van der Waals surface area contributed by atoms with Gasteiger partial charge in [-0.1, -0.05) is 0 Å². The van der Waals surface area contributed by atoms with Gasteiger partial charge in [0.05, 0.1) is 12.6 Å². The number of carbonyl (C=O) groups excluding carboxylic acids is 1. The summed E-state index contributed by atoms with van der Waals surface area (Å²) in [6, 6.07) is 2.43. The first-order valence-corrected chi connectivity index (χ1v) is 6.14. The molecule has 0 bridgehead atoms. The van der Waals surface area contributed by atoms with E-state index in [1.807, 2.05) is 0 Å². The van der Waals surface area contributed by atoms with Crippen LogP contribution < -0.4 is 5.32 Å². The number of hydrogen-bond acceptors (Lipinski definition) is 4. The highest BCUT2D eigenvalue weighted by Crippen LogP contribution is 2.09. The number of nitrogens with zero attached hydrogens (tertiary/aromatic N) is 2. The van der Waals surface area contributed by atoms with Gasteiger partial charge in [-0.05, 0) is 19.3 Å². The van der Waals surface area contributed by atoms with Gasteiger partial charge in [0.25, 0.3) is 0 Å². The molecule has 5 heteroatoms. The molecular formula is C12H21N3O2. The molecule has 1 aliphatic heterocycles. The molecule has 0 aromatic rings. The minimum Gasteiger partial charge on any atom is -0.385 e. The second-order valence-electron chi connectivity index (χ2n) is 4.37. The fraction of sp³-hybridized carbons (Fsp3) is 0.833. The molecule has 1 aliphatic rings. The maximum absolute atomic E-state index is 11.6. The summed E-state index contributed by atoms with van der Waals surface area (Å²) in [5.74, 6) is 0.112. The monoisotopic (exact) mass is 239 g/mol. The maximum Gasteiger partial charge on any atom is 0.220 e. The van der Waals surface area contributed by atoms with Crippen molar-refractivity contribution >= 4 is 5.91 Å². The first-order chi connectivity index (χ1) is 8.26. The molecule has 0 unspecified atom stereocenters. The largest absolute Gasteiger partial charge is 0.385 e. The molecule has 1 fully saturated rings. The van der Waals surface area contributed by atoms with Crippen molar-refractivity contribution in [1.82, 2.24) is 10.2 Å². The van der Waals surface area contributed by atoms with Crippen molar-refractivity contribution in [3.63, 3.8) is 0 Å². The second kappa shape index (κ2) is 8.04. The zero-order chi connectivity index (χ0) is 12.5. The van der Waals surface area contributed by atoms with Crippen LogP contribution in [0, 0.1) is 11.3 Å². The Labute approximate surface area is 103 Å². The predicted octanol–water partition coefficient (Wildman–Crippen LogP) is 0.517. The van der Waals surface area contributed by atoms with Gasteiger partial charge in [-0.15, -0.1) is 0 Å². The molecule has 0 aromatic carbocycles. The summed E-state index contributed by atoms with van der Waals surface area (Å²) in [7, 11) is 1.64. The number of methoxy groups -OCH3 is 1. The summed E-state index contributed by atoms with van der Waals surface area (Å²) in [4.78, 5) is 13.7. The molecule has 1 rings (SSSR count). The van der Waals surface area contributed by atoms with E-state index < -0.39 is 0 Å². The van der Waals surface area contributed by atoms with E-state index in [2.05, 4.69) is 16.3 Å². The molecule has 5 nitrogen and oxygen atoms in total. The molecule has 0 spiro atoms. The van der Waals surface area contributed by atoms with E-state index in [1.54, 1.807) is 7.11 Å². The summed E-state index contributed by atoms with van der Waals surface area (Å²) in [5, 5.41) is 11.6. The number of amides is 1. The Bertz CT molecular complexity index is 267. The van der Waals surface area contributed by atoms with Crippen molar-refractivity contribution in [3.05, 3.63) is 0 Å². The Morgan fingerprint density at radius 3 is 2.82 bits per heavy atom. The Morgan fingerprint density at radius 1 is 1.53 bits per heavy atom. The molecule has 1 saturated heterocycles. The van der Waals surface area contributed by atoms with Crippen molar-refractivity contribution in [1.29, 1.82) is 5.26 Å². The second-order valence-corrected chi connectivity index (χ2v) is 4.37. The van der Waals surface area contributed by atoms with E-state index in [0.717, 1.165) is 32.4 Å². The van der Waals surface area contributed by atoms with Crippen LogP contribution in [0.25, 0.3) is 0 Å². The van der Waals surface area contributed by atoms with Crippen LogP contribution in [0.1, 0.15) is 25.7 Å². The fourth-order valence-corrected chi connectivity index (χ4v) is 2.01. The first kappa shape index (κ1) is 13.9. The maximum atomic E-state index is 11.6. The number of likely N-dealkylation sites (tertiary alicyclic amines) is 1. The number of piperidine rings is 1. The van der Waals surface area contributed by atoms with Gasteiger partial charge in [0, 0.05) is 39.3 Å². The van der Waals surface area contributed by atoms with Gasteiger partial charge >= 0.3 is 0 Å². The summed E-state index contributed by atoms with van der Waals surface area (Å²) < 4.78 is 4.91. The minimum atomic E-state index is 0.112.